The third-order valence-corrected chi connectivity index (χ3v) is 9.21. The zero-order valence-electron chi connectivity index (χ0n) is 24.6. The van der Waals surface area contributed by atoms with Gasteiger partial charge in [0.25, 0.3) is 10.0 Å². The molecule has 3 aromatic carbocycles. The lowest BCUT2D eigenvalue weighted by molar-refractivity contribution is -0.139. The van der Waals surface area contributed by atoms with Gasteiger partial charge >= 0.3 is 0 Å². The van der Waals surface area contributed by atoms with Gasteiger partial charge in [-0.3, -0.25) is 13.9 Å². The lowest BCUT2D eigenvalue weighted by Gasteiger charge is -2.32. The van der Waals surface area contributed by atoms with Gasteiger partial charge in [0.05, 0.1) is 10.6 Å². The minimum absolute atomic E-state index is 0.0738. The maximum atomic E-state index is 14.0. The molecule has 0 aromatic heterocycles. The maximum absolute atomic E-state index is 14.0. The summed E-state index contributed by atoms with van der Waals surface area (Å²) in [5, 5.41) is 3.49. The van der Waals surface area contributed by atoms with Crippen molar-refractivity contribution >= 4 is 39.1 Å². The molecular formula is C32H40ClN3O4S. The van der Waals surface area contributed by atoms with E-state index in [0.717, 1.165) is 27.4 Å². The lowest BCUT2D eigenvalue weighted by atomic mass is 10.0. The summed E-state index contributed by atoms with van der Waals surface area (Å²) in [5.74, 6) is -0.557. The molecule has 0 radical (unpaired) electrons. The Hall–Kier alpha value is -3.36. The minimum atomic E-state index is -4.11. The third-order valence-electron chi connectivity index (χ3n) is 7.17. The number of sulfonamides is 1. The summed E-state index contributed by atoms with van der Waals surface area (Å²) in [6, 6.07) is 19.8. The second-order valence-corrected chi connectivity index (χ2v) is 13.0. The van der Waals surface area contributed by atoms with Gasteiger partial charge in [-0.15, -0.1) is 0 Å². The summed E-state index contributed by atoms with van der Waals surface area (Å²) in [7, 11) is -4.11. The van der Waals surface area contributed by atoms with Gasteiger partial charge in [-0.05, 0) is 80.6 Å². The predicted molar refractivity (Wildman–Crippen MR) is 166 cm³/mol. The van der Waals surface area contributed by atoms with Gasteiger partial charge in [0.1, 0.15) is 12.6 Å². The van der Waals surface area contributed by atoms with Crippen LogP contribution in [0.3, 0.4) is 0 Å². The molecule has 220 valence electrons. The monoisotopic (exact) mass is 597 g/mol. The van der Waals surface area contributed by atoms with Crippen LogP contribution in [0, 0.1) is 6.92 Å². The highest BCUT2D eigenvalue weighted by molar-refractivity contribution is 7.92. The molecule has 3 rings (SSSR count). The second kappa shape index (κ2) is 14.0. The average Bonchev–Trinajstić information content (AvgIpc) is 2.95. The normalized spacial score (nSPS) is 13.0. The van der Waals surface area contributed by atoms with Crippen LogP contribution in [-0.4, -0.2) is 43.8 Å². The van der Waals surface area contributed by atoms with Crippen molar-refractivity contribution in [2.24, 2.45) is 0 Å². The molecule has 2 unspecified atom stereocenters. The van der Waals surface area contributed by atoms with Crippen molar-refractivity contribution in [3.8, 4) is 0 Å². The lowest BCUT2D eigenvalue weighted by Crippen LogP contribution is -2.52. The van der Waals surface area contributed by atoms with E-state index in [-0.39, 0.29) is 29.3 Å². The highest BCUT2D eigenvalue weighted by atomic mass is 35.5. The number of hydrogen-bond acceptors (Lipinski definition) is 4. The smallest absolute Gasteiger partial charge is 0.264 e. The van der Waals surface area contributed by atoms with Crippen LogP contribution in [0.5, 0.6) is 0 Å². The molecule has 0 heterocycles. The molecular weight excluding hydrogens is 558 g/mol. The van der Waals surface area contributed by atoms with Crippen molar-refractivity contribution in [1.82, 2.24) is 10.2 Å². The number of carbonyl (C=O) groups excluding carboxylic acids is 2. The van der Waals surface area contributed by atoms with Gasteiger partial charge in [0, 0.05) is 17.6 Å². The van der Waals surface area contributed by atoms with Crippen molar-refractivity contribution in [1.29, 1.82) is 0 Å². The number of amides is 2. The maximum Gasteiger partial charge on any atom is 0.264 e. The van der Waals surface area contributed by atoms with Crippen LogP contribution in [-0.2, 0) is 26.2 Å². The third kappa shape index (κ3) is 8.33. The zero-order valence-corrected chi connectivity index (χ0v) is 26.2. The topological polar surface area (TPSA) is 86.8 Å². The van der Waals surface area contributed by atoms with E-state index in [1.807, 2.05) is 32.9 Å². The van der Waals surface area contributed by atoms with E-state index in [0.29, 0.717) is 10.7 Å². The van der Waals surface area contributed by atoms with Gasteiger partial charge in [0.15, 0.2) is 0 Å². The van der Waals surface area contributed by atoms with E-state index in [2.05, 4.69) is 19.2 Å². The fourth-order valence-corrected chi connectivity index (χ4v) is 5.77. The molecule has 0 aliphatic carbocycles. The highest BCUT2D eigenvalue weighted by Crippen LogP contribution is 2.27. The summed E-state index contributed by atoms with van der Waals surface area (Å²) >= 11 is 6.06. The quantitative estimate of drug-likeness (QED) is 0.265. The van der Waals surface area contributed by atoms with Crippen molar-refractivity contribution in [3.63, 3.8) is 0 Å². The van der Waals surface area contributed by atoms with E-state index < -0.39 is 28.5 Å². The van der Waals surface area contributed by atoms with E-state index in [9.17, 15) is 18.0 Å². The molecule has 0 bridgehead atoms. The van der Waals surface area contributed by atoms with Crippen LogP contribution in [0.1, 0.15) is 63.6 Å². The van der Waals surface area contributed by atoms with Crippen LogP contribution in [0.4, 0.5) is 5.69 Å². The largest absolute Gasteiger partial charge is 0.352 e. The summed E-state index contributed by atoms with van der Waals surface area (Å²) in [6.07, 6.45) is 0.735. The van der Waals surface area contributed by atoms with E-state index in [1.165, 1.54) is 17.0 Å². The number of rotatable bonds is 12. The van der Waals surface area contributed by atoms with Gasteiger partial charge in [-0.1, -0.05) is 74.3 Å². The van der Waals surface area contributed by atoms with Gasteiger partial charge in [0.2, 0.25) is 11.8 Å². The molecule has 0 saturated carbocycles. The van der Waals surface area contributed by atoms with Crippen molar-refractivity contribution in [3.05, 3.63) is 94.5 Å². The first-order valence-electron chi connectivity index (χ1n) is 13.9. The average molecular weight is 598 g/mol. The molecule has 0 spiro atoms. The number of benzene rings is 3. The number of hydrogen-bond donors (Lipinski definition) is 1. The number of aryl methyl sites for hydroxylation is 1. The zero-order chi connectivity index (χ0) is 30.3. The molecule has 41 heavy (non-hydrogen) atoms. The Morgan fingerprint density at radius 1 is 0.878 bits per heavy atom. The number of halogens is 1. The molecule has 0 fully saturated rings. The van der Waals surface area contributed by atoms with Crippen molar-refractivity contribution < 1.29 is 18.0 Å². The SMILES string of the molecule is CCC(C)NC(=O)C(C)N(Cc1ccc(Cl)cc1)C(=O)CN(c1ccc(C(C)C)cc1)S(=O)(=O)c1ccc(C)cc1. The van der Waals surface area contributed by atoms with E-state index >= 15 is 0 Å². The number of nitrogens with one attached hydrogen (secondary N) is 1. The first-order chi connectivity index (χ1) is 19.3. The summed E-state index contributed by atoms with van der Waals surface area (Å²) in [5.41, 5.74) is 3.10. The molecule has 0 saturated heterocycles. The first kappa shape index (κ1) is 32.2. The fourth-order valence-electron chi connectivity index (χ4n) is 4.23. The predicted octanol–water partition coefficient (Wildman–Crippen LogP) is 6.30. The fraction of sp³-hybridized carbons (Fsp3) is 0.375. The van der Waals surface area contributed by atoms with E-state index in [4.69, 9.17) is 11.6 Å². The van der Waals surface area contributed by atoms with Gasteiger partial charge in [-0.2, -0.15) is 0 Å². The Bertz CT molecular complexity index is 1420. The van der Waals surface area contributed by atoms with Crippen LogP contribution in [0.15, 0.2) is 77.7 Å². The van der Waals surface area contributed by atoms with Gasteiger partial charge < -0.3 is 10.2 Å². The highest BCUT2D eigenvalue weighted by Gasteiger charge is 2.32. The van der Waals surface area contributed by atoms with Crippen LogP contribution >= 0.6 is 11.6 Å². The van der Waals surface area contributed by atoms with Crippen LogP contribution in [0.2, 0.25) is 5.02 Å². The Balaban J connectivity index is 2.03. The summed E-state index contributed by atoms with van der Waals surface area (Å²) < 4.78 is 29.1. The van der Waals surface area contributed by atoms with Gasteiger partial charge in [-0.25, -0.2) is 8.42 Å². The Morgan fingerprint density at radius 3 is 2.00 bits per heavy atom. The Labute approximate surface area is 249 Å². The minimum Gasteiger partial charge on any atom is -0.352 e. The summed E-state index contributed by atoms with van der Waals surface area (Å²) in [4.78, 5) is 28.7. The molecule has 3 aromatic rings. The van der Waals surface area contributed by atoms with Crippen LogP contribution in [0.25, 0.3) is 0 Å². The Morgan fingerprint density at radius 2 is 1.46 bits per heavy atom. The summed E-state index contributed by atoms with van der Waals surface area (Å²) in [6.45, 7) is 11.1. The standard InChI is InChI=1S/C32H40ClN3O4S/c1-7-24(5)34-32(38)25(6)35(20-26-10-14-28(33)15-11-26)31(37)21-36(29-16-12-27(13-17-29)22(2)3)41(39,40)30-18-8-23(4)9-19-30/h8-19,22,24-25H,7,20-21H2,1-6H3,(H,34,38). The molecule has 9 heteroatoms. The van der Waals surface area contributed by atoms with E-state index in [1.54, 1.807) is 55.5 Å². The molecule has 1 N–H and O–H groups in total. The number of carbonyl (C=O) groups is 2. The number of nitrogens with zero attached hydrogens (tertiary/aromatic N) is 2. The second-order valence-electron chi connectivity index (χ2n) is 10.7. The Kier molecular flexibility index (Phi) is 11.0. The molecule has 0 aliphatic rings. The van der Waals surface area contributed by atoms with Crippen molar-refractivity contribution in [2.75, 3.05) is 10.8 Å². The van der Waals surface area contributed by atoms with Crippen molar-refractivity contribution in [2.45, 2.75) is 77.4 Å². The molecule has 2 atom stereocenters. The molecule has 7 nitrogen and oxygen atoms in total. The molecule has 0 aliphatic heterocycles. The van der Waals surface area contributed by atoms with Crippen LogP contribution < -0.4 is 9.62 Å². The first-order valence-corrected chi connectivity index (χ1v) is 15.7. The molecule has 2 amide bonds. The number of anilines is 1.